The Kier molecular flexibility index (Phi) is 3.68. The van der Waals surface area contributed by atoms with E-state index in [-0.39, 0.29) is 33.2 Å². The number of nitro benzene ring substituents is 1. The van der Waals surface area contributed by atoms with Crippen molar-refractivity contribution in [3.05, 3.63) is 44.7 Å². The third-order valence-corrected chi connectivity index (χ3v) is 2.59. The van der Waals surface area contributed by atoms with Crippen molar-refractivity contribution >= 4 is 34.7 Å². The molecule has 0 aliphatic rings. The minimum Gasteiger partial charge on any atom is -0.434 e. The third-order valence-electron chi connectivity index (χ3n) is 2.03. The van der Waals surface area contributed by atoms with E-state index < -0.39 is 4.92 Å². The molecule has 0 aliphatic heterocycles. The van der Waals surface area contributed by atoms with Crippen molar-refractivity contribution in [3.8, 4) is 11.6 Å². The molecule has 0 radical (unpaired) electrons. The number of hydrogen-bond acceptors (Lipinski definition) is 6. The Morgan fingerprint density at radius 3 is 2.42 bits per heavy atom. The summed E-state index contributed by atoms with van der Waals surface area (Å²) in [4.78, 5) is 17.6. The molecular formula is C10H6Cl2N4O3. The van der Waals surface area contributed by atoms with Crippen molar-refractivity contribution in [2.75, 3.05) is 5.73 Å². The van der Waals surface area contributed by atoms with Crippen LogP contribution in [-0.4, -0.2) is 14.9 Å². The average Bonchev–Trinajstić information content (AvgIpc) is 2.33. The molecule has 0 bridgehead atoms. The lowest BCUT2D eigenvalue weighted by atomic mass is 10.3. The maximum Gasteiger partial charge on any atom is 0.272 e. The third kappa shape index (κ3) is 3.01. The standard InChI is InChI=1S/C10H6Cl2N4O3/c11-6-1-5(16(17)18)2-7(12)10(6)19-9-4-14-3-8(13)15-9/h1-4H,(H2,13,15). The van der Waals surface area contributed by atoms with E-state index in [0.717, 1.165) is 12.1 Å². The molecule has 19 heavy (non-hydrogen) atoms. The fourth-order valence-electron chi connectivity index (χ4n) is 1.27. The van der Waals surface area contributed by atoms with Crippen LogP contribution in [0.15, 0.2) is 24.5 Å². The van der Waals surface area contributed by atoms with Crippen molar-refractivity contribution < 1.29 is 9.66 Å². The van der Waals surface area contributed by atoms with Crippen LogP contribution in [0, 0.1) is 10.1 Å². The fraction of sp³-hybridized carbons (Fsp3) is 0. The topological polar surface area (TPSA) is 104 Å². The summed E-state index contributed by atoms with van der Waals surface area (Å²) in [5.74, 6) is 0.290. The van der Waals surface area contributed by atoms with Gasteiger partial charge in [-0.1, -0.05) is 23.2 Å². The van der Waals surface area contributed by atoms with E-state index in [2.05, 4.69) is 9.97 Å². The Balaban J connectivity index is 2.38. The number of non-ortho nitro benzene ring substituents is 1. The first-order chi connectivity index (χ1) is 8.97. The van der Waals surface area contributed by atoms with Gasteiger partial charge in [0.2, 0.25) is 5.88 Å². The second-order valence-corrected chi connectivity index (χ2v) is 4.19. The molecule has 7 nitrogen and oxygen atoms in total. The summed E-state index contributed by atoms with van der Waals surface area (Å²) in [5.41, 5.74) is 5.21. The van der Waals surface area contributed by atoms with E-state index in [1.165, 1.54) is 12.4 Å². The van der Waals surface area contributed by atoms with Gasteiger partial charge in [-0.15, -0.1) is 0 Å². The molecule has 2 aromatic rings. The lowest BCUT2D eigenvalue weighted by Gasteiger charge is -2.08. The number of nitrogens with two attached hydrogens (primary N) is 1. The molecule has 0 aliphatic carbocycles. The van der Waals surface area contributed by atoms with E-state index in [0.29, 0.717) is 0 Å². The van der Waals surface area contributed by atoms with Crippen LogP contribution in [0.1, 0.15) is 0 Å². The van der Waals surface area contributed by atoms with Crippen molar-refractivity contribution in [1.29, 1.82) is 0 Å². The van der Waals surface area contributed by atoms with Crippen LogP contribution >= 0.6 is 23.2 Å². The summed E-state index contributed by atoms with van der Waals surface area (Å²) in [6.45, 7) is 0. The summed E-state index contributed by atoms with van der Waals surface area (Å²) in [7, 11) is 0. The summed E-state index contributed by atoms with van der Waals surface area (Å²) < 4.78 is 5.32. The Morgan fingerprint density at radius 1 is 1.26 bits per heavy atom. The lowest BCUT2D eigenvalue weighted by molar-refractivity contribution is -0.384. The Labute approximate surface area is 117 Å². The predicted octanol–water partition coefficient (Wildman–Crippen LogP) is 3.07. The van der Waals surface area contributed by atoms with Gasteiger partial charge in [0.1, 0.15) is 5.82 Å². The van der Waals surface area contributed by atoms with E-state index in [9.17, 15) is 10.1 Å². The molecule has 9 heteroatoms. The molecule has 98 valence electrons. The van der Waals surface area contributed by atoms with Crippen molar-refractivity contribution in [2.24, 2.45) is 0 Å². The first-order valence-corrected chi connectivity index (χ1v) is 5.62. The van der Waals surface area contributed by atoms with Gasteiger partial charge >= 0.3 is 0 Å². The minimum absolute atomic E-state index is 0.0107. The number of benzene rings is 1. The van der Waals surface area contributed by atoms with Crippen LogP contribution in [0.5, 0.6) is 11.6 Å². The monoisotopic (exact) mass is 300 g/mol. The highest BCUT2D eigenvalue weighted by Crippen LogP contribution is 2.38. The van der Waals surface area contributed by atoms with Crippen molar-refractivity contribution in [3.63, 3.8) is 0 Å². The number of aromatic nitrogens is 2. The highest BCUT2D eigenvalue weighted by molar-refractivity contribution is 6.37. The van der Waals surface area contributed by atoms with Crippen molar-refractivity contribution in [1.82, 2.24) is 9.97 Å². The van der Waals surface area contributed by atoms with Crippen LogP contribution < -0.4 is 10.5 Å². The van der Waals surface area contributed by atoms with Gasteiger partial charge in [-0.2, -0.15) is 4.98 Å². The summed E-state index contributed by atoms with van der Waals surface area (Å²) in [6.07, 6.45) is 2.65. The summed E-state index contributed by atoms with van der Waals surface area (Å²) in [5, 5.41) is 10.6. The molecule has 0 amide bonds. The molecule has 1 aromatic heterocycles. The molecule has 2 N–H and O–H groups in total. The van der Waals surface area contributed by atoms with Gasteiger partial charge in [-0.25, -0.2) is 0 Å². The average molecular weight is 301 g/mol. The highest BCUT2D eigenvalue weighted by Gasteiger charge is 2.16. The number of rotatable bonds is 3. The zero-order chi connectivity index (χ0) is 14.0. The van der Waals surface area contributed by atoms with Gasteiger partial charge in [-0.3, -0.25) is 15.1 Å². The summed E-state index contributed by atoms with van der Waals surface area (Å²) >= 11 is 11.8. The van der Waals surface area contributed by atoms with Crippen LogP contribution in [0.4, 0.5) is 11.5 Å². The summed E-state index contributed by atoms with van der Waals surface area (Å²) in [6, 6.07) is 2.25. The number of nitro groups is 1. The number of nitrogen functional groups attached to an aromatic ring is 1. The van der Waals surface area contributed by atoms with Crippen LogP contribution in [-0.2, 0) is 0 Å². The van der Waals surface area contributed by atoms with Gasteiger partial charge in [0.05, 0.1) is 27.4 Å². The number of halogens is 2. The quantitative estimate of drug-likeness (QED) is 0.690. The second kappa shape index (κ2) is 5.25. The molecule has 0 fully saturated rings. The van der Waals surface area contributed by atoms with Gasteiger partial charge in [0.25, 0.3) is 5.69 Å². The smallest absolute Gasteiger partial charge is 0.272 e. The molecule has 0 saturated carbocycles. The maximum absolute atomic E-state index is 10.6. The predicted molar refractivity (Wildman–Crippen MR) is 69.6 cm³/mol. The van der Waals surface area contributed by atoms with Gasteiger partial charge in [0.15, 0.2) is 5.75 Å². The molecular weight excluding hydrogens is 295 g/mol. The van der Waals surface area contributed by atoms with Crippen molar-refractivity contribution in [2.45, 2.75) is 0 Å². The lowest BCUT2D eigenvalue weighted by Crippen LogP contribution is -1.96. The number of hydrogen-bond donors (Lipinski definition) is 1. The maximum atomic E-state index is 10.6. The Bertz CT molecular complexity index is 627. The Morgan fingerprint density at radius 2 is 1.89 bits per heavy atom. The van der Waals surface area contributed by atoms with Crippen LogP contribution in [0.25, 0.3) is 0 Å². The van der Waals surface area contributed by atoms with Crippen LogP contribution in [0.2, 0.25) is 10.0 Å². The molecule has 1 heterocycles. The zero-order valence-electron chi connectivity index (χ0n) is 9.21. The molecule has 0 saturated heterocycles. The highest BCUT2D eigenvalue weighted by atomic mass is 35.5. The van der Waals surface area contributed by atoms with E-state index in [4.69, 9.17) is 33.7 Å². The molecule has 0 unspecified atom stereocenters. The largest absolute Gasteiger partial charge is 0.434 e. The fourth-order valence-corrected chi connectivity index (χ4v) is 1.82. The number of nitrogens with zero attached hydrogens (tertiary/aromatic N) is 3. The zero-order valence-corrected chi connectivity index (χ0v) is 10.7. The SMILES string of the molecule is Nc1cncc(Oc2c(Cl)cc([N+](=O)[O-])cc2Cl)n1. The number of ether oxygens (including phenoxy) is 1. The molecule has 0 atom stereocenters. The van der Waals surface area contributed by atoms with E-state index in [1.54, 1.807) is 0 Å². The first kappa shape index (κ1) is 13.3. The van der Waals surface area contributed by atoms with E-state index in [1.807, 2.05) is 0 Å². The first-order valence-electron chi connectivity index (χ1n) is 4.86. The molecule has 0 spiro atoms. The van der Waals surface area contributed by atoms with Gasteiger partial charge < -0.3 is 10.5 Å². The number of anilines is 1. The van der Waals surface area contributed by atoms with Gasteiger partial charge in [0, 0.05) is 12.1 Å². The second-order valence-electron chi connectivity index (χ2n) is 3.38. The Hall–Kier alpha value is -2.12. The van der Waals surface area contributed by atoms with E-state index >= 15 is 0 Å². The molecule has 1 aromatic carbocycles. The molecule has 2 rings (SSSR count). The van der Waals surface area contributed by atoms with Gasteiger partial charge in [-0.05, 0) is 0 Å². The minimum atomic E-state index is -0.609. The van der Waals surface area contributed by atoms with Crippen LogP contribution in [0.3, 0.4) is 0 Å². The normalized spacial score (nSPS) is 10.2.